The molecule has 2 N–H and O–H groups in total. The molecule has 0 saturated heterocycles. The second-order valence-electron chi connectivity index (χ2n) is 12.8. The number of carbonyl (C=O) groups is 1. The van der Waals surface area contributed by atoms with Crippen LogP contribution >= 0.6 is 0 Å². The van der Waals surface area contributed by atoms with Gasteiger partial charge in [-0.15, -0.1) is 0 Å². The Balaban J connectivity index is 1.34. The lowest BCUT2D eigenvalue weighted by molar-refractivity contribution is 0.0697. The predicted molar refractivity (Wildman–Crippen MR) is 211 cm³/mol. The Kier molecular flexibility index (Phi) is 11.9. The van der Waals surface area contributed by atoms with Crippen LogP contribution in [-0.2, 0) is 13.0 Å². The maximum atomic E-state index is 13.0. The standard InChI is InChI=1S/C43H48N6O3/c1-5-48(6-2)34-16-19-37-40(28-34)52-41-29-35(49(7-3)8-4)17-20-38(41)42(37)36-18-15-32(27-39(36)43(50)51)46-24-26-47(30-33-14-10-12-23-45-33)25-21-31-13-9-11-22-44-31/h9-20,22-23,27-29H,5-8,21,24-26,30H2,1-4H3,(H,50,51)/p+1. The minimum Gasteiger partial charge on any atom is -0.478 e. The smallest absolute Gasteiger partial charge is 0.336 e. The van der Waals surface area contributed by atoms with Crippen molar-refractivity contribution in [2.24, 2.45) is 0 Å². The summed E-state index contributed by atoms with van der Waals surface area (Å²) < 4.78 is 8.91. The van der Waals surface area contributed by atoms with Crippen molar-refractivity contribution in [1.82, 2.24) is 19.4 Å². The molecule has 0 bridgehead atoms. The summed E-state index contributed by atoms with van der Waals surface area (Å²) >= 11 is 0. The predicted octanol–water partition coefficient (Wildman–Crippen LogP) is 7.51. The van der Waals surface area contributed by atoms with Crippen LogP contribution in [0.4, 0.5) is 11.4 Å². The molecule has 1 aliphatic heterocycles. The zero-order valence-corrected chi connectivity index (χ0v) is 30.7. The van der Waals surface area contributed by atoms with Crippen LogP contribution in [0.5, 0.6) is 0 Å². The molecule has 0 atom stereocenters. The molecule has 0 radical (unpaired) electrons. The van der Waals surface area contributed by atoms with Crippen molar-refractivity contribution >= 4 is 28.3 Å². The number of nitrogens with one attached hydrogen (secondary N) is 1. The van der Waals surface area contributed by atoms with Gasteiger partial charge in [-0.2, -0.15) is 0 Å². The molecule has 268 valence electrons. The second-order valence-corrected chi connectivity index (χ2v) is 12.8. The van der Waals surface area contributed by atoms with E-state index in [0.29, 0.717) is 18.7 Å². The number of fused-ring (bicyclic) bond motifs is 2. The van der Waals surface area contributed by atoms with Gasteiger partial charge in [-0.05, 0) is 87.9 Å². The number of hydrogen-bond acceptors (Lipinski definition) is 7. The Hall–Kier alpha value is -5.54. The average Bonchev–Trinajstić information content (AvgIpc) is 3.17. The zero-order valence-electron chi connectivity index (χ0n) is 30.7. The molecule has 1 aliphatic carbocycles. The third-order valence-electron chi connectivity index (χ3n) is 9.74. The molecule has 2 aliphatic rings. The Morgan fingerprint density at radius 2 is 1.54 bits per heavy atom. The monoisotopic (exact) mass is 697 g/mol. The molecule has 0 spiro atoms. The maximum Gasteiger partial charge on any atom is 0.336 e. The topological polar surface area (TPSA) is 97.7 Å². The molecular weight excluding hydrogens is 649 g/mol. The van der Waals surface area contributed by atoms with E-state index >= 15 is 0 Å². The largest absolute Gasteiger partial charge is 0.478 e. The van der Waals surface area contributed by atoms with Gasteiger partial charge < -0.3 is 19.7 Å². The third kappa shape index (κ3) is 8.32. The van der Waals surface area contributed by atoms with Crippen molar-refractivity contribution in [2.45, 2.75) is 40.7 Å². The first-order valence-electron chi connectivity index (χ1n) is 18.4. The number of carboxylic acids is 1. The van der Waals surface area contributed by atoms with E-state index in [1.54, 1.807) is 6.07 Å². The number of rotatable bonds is 16. The molecule has 6 rings (SSSR count). The van der Waals surface area contributed by atoms with Crippen LogP contribution in [-0.4, -0.2) is 71.8 Å². The summed E-state index contributed by atoms with van der Waals surface area (Å²) in [6.45, 7) is 15.0. The highest BCUT2D eigenvalue weighted by atomic mass is 16.4. The summed E-state index contributed by atoms with van der Waals surface area (Å²) in [7, 11) is 0. The molecule has 0 amide bonds. The van der Waals surface area contributed by atoms with Crippen LogP contribution in [0.25, 0.3) is 33.4 Å². The van der Waals surface area contributed by atoms with Crippen LogP contribution in [0.3, 0.4) is 0 Å². The number of hydrogen-bond donors (Lipinski definition) is 2. The first-order chi connectivity index (χ1) is 25.4. The van der Waals surface area contributed by atoms with Gasteiger partial charge in [-0.3, -0.25) is 14.9 Å². The molecule has 4 aromatic rings. The van der Waals surface area contributed by atoms with Crippen LogP contribution in [0.2, 0.25) is 0 Å². The minimum absolute atomic E-state index is 0.236. The number of anilines is 2. The summed E-state index contributed by atoms with van der Waals surface area (Å²) in [6.07, 6.45) is 4.47. The fourth-order valence-electron chi connectivity index (χ4n) is 6.95. The maximum absolute atomic E-state index is 13.0. The Bertz CT molecular complexity index is 2140. The van der Waals surface area contributed by atoms with Gasteiger partial charge in [0, 0.05) is 104 Å². The van der Waals surface area contributed by atoms with Crippen LogP contribution in [0, 0.1) is 0 Å². The average molecular weight is 698 g/mol. The molecule has 3 heterocycles. The van der Waals surface area contributed by atoms with E-state index in [-0.39, 0.29) is 5.56 Å². The lowest BCUT2D eigenvalue weighted by Gasteiger charge is -2.23. The quantitative estimate of drug-likeness (QED) is 0.0793. The van der Waals surface area contributed by atoms with Gasteiger partial charge in [0.05, 0.1) is 17.3 Å². The highest BCUT2D eigenvalue weighted by Gasteiger charge is 2.23. The van der Waals surface area contributed by atoms with Gasteiger partial charge in [-0.1, -0.05) is 18.2 Å². The van der Waals surface area contributed by atoms with E-state index in [9.17, 15) is 9.90 Å². The van der Waals surface area contributed by atoms with Gasteiger partial charge in [0.15, 0.2) is 0 Å². The van der Waals surface area contributed by atoms with Gasteiger partial charge in [0.25, 0.3) is 0 Å². The van der Waals surface area contributed by atoms with Crippen molar-refractivity contribution in [2.75, 3.05) is 56.0 Å². The number of carboxylic acid groups (broad SMARTS) is 1. The lowest BCUT2D eigenvalue weighted by atomic mass is 9.90. The molecule has 0 unspecified atom stereocenters. The molecular formula is C43H49N6O3+. The Morgan fingerprint density at radius 1 is 0.808 bits per heavy atom. The molecule has 52 heavy (non-hydrogen) atoms. The van der Waals surface area contributed by atoms with E-state index in [1.807, 2.05) is 60.9 Å². The van der Waals surface area contributed by atoms with Crippen LogP contribution in [0.15, 0.2) is 108 Å². The van der Waals surface area contributed by atoms with Crippen LogP contribution in [0.1, 0.15) is 49.4 Å². The highest BCUT2D eigenvalue weighted by molar-refractivity contribution is 6.08. The summed E-state index contributed by atoms with van der Waals surface area (Å²) in [6, 6.07) is 30.1. The minimum atomic E-state index is -0.979. The molecule has 9 nitrogen and oxygen atoms in total. The number of pyridine rings is 2. The SMILES string of the molecule is CCN(CC)c1ccc2c(-c3ccc(NCCN(CCc4ccccn4)Cc4ccccn4)cc3C(=O)O)c3ccc(=[N+](CC)CC)cc-3oc2c1. The fourth-order valence-corrected chi connectivity index (χ4v) is 6.95. The third-order valence-corrected chi connectivity index (χ3v) is 9.74. The number of nitrogens with zero attached hydrogens (tertiary/aromatic N) is 5. The van der Waals surface area contributed by atoms with Crippen molar-refractivity contribution < 1.29 is 14.3 Å². The summed E-state index contributed by atoms with van der Waals surface area (Å²) in [5.41, 5.74) is 7.22. The van der Waals surface area contributed by atoms with E-state index in [0.717, 1.165) is 102 Å². The van der Waals surface area contributed by atoms with E-state index in [4.69, 9.17) is 4.42 Å². The second kappa shape index (κ2) is 17.1. The van der Waals surface area contributed by atoms with Gasteiger partial charge in [0.1, 0.15) is 24.4 Å². The van der Waals surface area contributed by atoms with E-state index in [1.165, 1.54) is 0 Å². The number of aromatic nitrogens is 2. The normalized spacial score (nSPS) is 11.3. The summed E-state index contributed by atoms with van der Waals surface area (Å²) in [5, 5.41) is 16.1. The van der Waals surface area contributed by atoms with Crippen molar-refractivity contribution in [3.63, 3.8) is 0 Å². The molecule has 9 heteroatoms. The van der Waals surface area contributed by atoms with E-state index in [2.05, 4.69) is 93.8 Å². The van der Waals surface area contributed by atoms with E-state index < -0.39 is 5.97 Å². The van der Waals surface area contributed by atoms with Gasteiger partial charge in [-0.25, -0.2) is 9.37 Å². The van der Waals surface area contributed by atoms with Gasteiger partial charge >= 0.3 is 5.97 Å². The lowest BCUT2D eigenvalue weighted by Crippen LogP contribution is -2.31. The molecule has 0 saturated carbocycles. The van der Waals surface area contributed by atoms with Gasteiger partial charge in [0.2, 0.25) is 5.36 Å². The summed E-state index contributed by atoms with van der Waals surface area (Å²) in [4.78, 5) is 26.7. The first-order valence-corrected chi connectivity index (χ1v) is 18.4. The molecule has 2 aromatic carbocycles. The van der Waals surface area contributed by atoms with Crippen molar-refractivity contribution in [3.8, 4) is 22.5 Å². The van der Waals surface area contributed by atoms with Crippen molar-refractivity contribution in [3.05, 3.63) is 126 Å². The highest BCUT2D eigenvalue weighted by Crippen LogP contribution is 2.42. The zero-order chi connectivity index (χ0) is 36.5. The number of benzene rings is 3. The Labute approximate surface area is 306 Å². The first kappa shape index (κ1) is 36.3. The Morgan fingerprint density at radius 3 is 2.21 bits per heavy atom. The fraction of sp³-hybridized carbons (Fsp3) is 0.302. The summed E-state index contributed by atoms with van der Waals surface area (Å²) in [5.74, 6) is -0.256. The molecule has 2 aromatic heterocycles. The molecule has 0 fully saturated rings. The van der Waals surface area contributed by atoms with Crippen molar-refractivity contribution in [1.29, 1.82) is 0 Å². The van der Waals surface area contributed by atoms with Crippen LogP contribution < -0.4 is 20.1 Å². The number of aromatic carboxylic acids is 1.